The minimum absolute atomic E-state index is 0.0921. The van der Waals surface area contributed by atoms with Gasteiger partial charge in [-0.25, -0.2) is 0 Å². The second-order valence-corrected chi connectivity index (χ2v) is 20.6. The summed E-state index contributed by atoms with van der Waals surface area (Å²) in [4.78, 5) is 38.3. The third-order valence-electron chi connectivity index (χ3n) is 13.2. The molecule has 0 radical (unpaired) electrons. The fourth-order valence-electron chi connectivity index (χ4n) is 8.53. The van der Waals surface area contributed by atoms with Gasteiger partial charge in [0.25, 0.3) is 0 Å². The van der Waals surface area contributed by atoms with E-state index in [4.69, 9.17) is 14.2 Å². The number of esters is 3. The van der Waals surface area contributed by atoms with Crippen molar-refractivity contribution in [1.82, 2.24) is 0 Å². The third kappa shape index (κ3) is 60.8. The molecule has 0 aromatic rings. The Hall–Kier alpha value is -3.93. The topological polar surface area (TPSA) is 78.9 Å². The van der Waals surface area contributed by atoms with Crippen LogP contribution in [0.2, 0.25) is 0 Å². The molecule has 0 heterocycles. The van der Waals surface area contributed by atoms with Crippen molar-refractivity contribution >= 4 is 17.9 Å². The number of carbonyl (C=O) groups excluding carboxylic acids is 3. The van der Waals surface area contributed by atoms with Crippen LogP contribution >= 0.6 is 0 Å². The zero-order valence-corrected chi connectivity index (χ0v) is 49.0. The molecular formula is C69H116O6. The molecule has 0 aliphatic heterocycles. The highest BCUT2D eigenvalue weighted by Crippen LogP contribution is 2.15. The van der Waals surface area contributed by atoms with Crippen molar-refractivity contribution < 1.29 is 28.6 Å². The van der Waals surface area contributed by atoms with Crippen LogP contribution < -0.4 is 0 Å². The Morgan fingerprint density at radius 3 is 0.827 bits per heavy atom. The van der Waals surface area contributed by atoms with E-state index < -0.39 is 6.10 Å². The molecule has 0 saturated heterocycles. The van der Waals surface area contributed by atoms with Gasteiger partial charge in [-0.1, -0.05) is 252 Å². The average Bonchev–Trinajstić information content (AvgIpc) is 3.41. The molecule has 6 nitrogen and oxygen atoms in total. The zero-order chi connectivity index (χ0) is 54.3. The normalized spacial score (nSPS) is 12.8. The fraction of sp³-hybridized carbons (Fsp3) is 0.696. The van der Waals surface area contributed by atoms with Gasteiger partial charge in [0.05, 0.1) is 0 Å². The number of carbonyl (C=O) groups is 3. The van der Waals surface area contributed by atoms with Crippen molar-refractivity contribution in [3.05, 3.63) is 109 Å². The van der Waals surface area contributed by atoms with Crippen molar-refractivity contribution in [2.45, 2.75) is 297 Å². The van der Waals surface area contributed by atoms with Gasteiger partial charge in [-0.3, -0.25) is 14.4 Å². The van der Waals surface area contributed by atoms with E-state index in [0.29, 0.717) is 19.3 Å². The Labute approximate surface area is 463 Å². The van der Waals surface area contributed by atoms with Gasteiger partial charge in [-0.2, -0.15) is 0 Å². The molecule has 0 aliphatic rings. The number of unbranched alkanes of at least 4 members (excludes halogenated alkanes) is 27. The van der Waals surface area contributed by atoms with Gasteiger partial charge in [0.2, 0.25) is 0 Å². The first-order valence-corrected chi connectivity index (χ1v) is 31.4. The van der Waals surface area contributed by atoms with Gasteiger partial charge >= 0.3 is 17.9 Å². The molecule has 0 fully saturated rings. The Bertz CT molecular complexity index is 1520. The zero-order valence-electron chi connectivity index (χ0n) is 49.0. The smallest absolute Gasteiger partial charge is 0.306 e. The number of hydrogen-bond acceptors (Lipinski definition) is 6. The van der Waals surface area contributed by atoms with Crippen molar-refractivity contribution in [3.8, 4) is 0 Å². The lowest BCUT2D eigenvalue weighted by molar-refractivity contribution is -0.167. The largest absolute Gasteiger partial charge is 0.462 e. The maximum absolute atomic E-state index is 12.9. The van der Waals surface area contributed by atoms with E-state index in [1.807, 2.05) is 0 Å². The first kappa shape index (κ1) is 71.1. The molecule has 75 heavy (non-hydrogen) atoms. The standard InChI is InChI=1S/C69H116O6/c1-4-7-10-13-16-19-22-25-28-29-30-31-32-33-34-35-36-37-38-39-42-44-47-50-53-56-59-62-68(71)74-65-66(75-69(72)63-60-57-54-51-48-45-41-27-24-21-18-15-12-9-6-3)64-73-67(70)61-58-55-52-49-46-43-40-26-23-20-17-14-11-8-5-2/h7,10,16,19,25-28,30-31,33-34,36-37,39-42,66H,4-6,8-9,11-15,17-18,20-24,29,32,35,38,43-65H2,1-3H3/b10-7-,19-16-,28-25-,31-30-,34-33-,37-36-,40-26-,41-27-,42-39-. The molecule has 0 spiro atoms. The Morgan fingerprint density at radius 1 is 0.280 bits per heavy atom. The van der Waals surface area contributed by atoms with Gasteiger partial charge in [-0.05, 0) is 128 Å². The van der Waals surface area contributed by atoms with Crippen LogP contribution in [0.15, 0.2) is 109 Å². The molecule has 0 aromatic heterocycles. The summed E-state index contributed by atoms with van der Waals surface area (Å²) in [6, 6.07) is 0. The highest BCUT2D eigenvalue weighted by atomic mass is 16.6. The summed E-state index contributed by atoms with van der Waals surface area (Å²) >= 11 is 0. The second kappa shape index (κ2) is 62.6. The second-order valence-electron chi connectivity index (χ2n) is 20.6. The van der Waals surface area contributed by atoms with E-state index in [2.05, 4.69) is 130 Å². The van der Waals surface area contributed by atoms with Gasteiger partial charge in [0.15, 0.2) is 6.10 Å². The molecule has 0 rings (SSSR count). The molecule has 6 heteroatoms. The predicted octanol–water partition coefficient (Wildman–Crippen LogP) is 21.4. The highest BCUT2D eigenvalue weighted by Gasteiger charge is 2.19. The summed E-state index contributed by atoms with van der Waals surface area (Å²) in [7, 11) is 0. The van der Waals surface area contributed by atoms with E-state index >= 15 is 0 Å². The highest BCUT2D eigenvalue weighted by molar-refractivity contribution is 5.71. The van der Waals surface area contributed by atoms with Crippen LogP contribution in [0.1, 0.15) is 290 Å². The lowest BCUT2D eigenvalue weighted by Crippen LogP contribution is -2.30. The molecule has 0 amide bonds. The first-order chi connectivity index (χ1) is 37.0. The maximum Gasteiger partial charge on any atom is 0.306 e. The molecule has 0 bridgehead atoms. The van der Waals surface area contributed by atoms with Gasteiger partial charge < -0.3 is 14.2 Å². The molecule has 1 unspecified atom stereocenters. The summed E-state index contributed by atoms with van der Waals surface area (Å²) < 4.78 is 16.9. The molecule has 0 aliphatic carbocycles. The first-order valence-electron chi connectivity index (χ1n) is 31.4. The summed E-state index contributed by atoms with van der Waals surface area (Å²) in [5.74, 6) is -0.923. The van der Waals surface area contributed by atoms with Crippen molar-refractivity contribution in [2.24, 2.45) is 0 Å². The van der Waals surface area contributed by atoms with Crippen LogP contribution in [-0.2, 0) is 28.6 Å². The Balaban J connectivity index is 4.40. The number of hydrogen-bond donors (Lipinski definition) is 0. The van der Waals surface area contributed by atoms with E-state index in [1.165, 1.54) is 109 Å². The van der Waals surface area contributed by atoms with Crippen molar-refractivity contribution in [2.75, 3.05) is 13.2 Å². The van der Waals surface area contributed by atoms with Crippen LogP contribution in [0.4, 0.5) is 0 Å². The average molecular weight is 1040 g/mol. The molecule has 0 aromatic carbocycles. The SMILES string of the molecule is CC/C=C\C/C=C\C/C=C\C/C=C\C/C=C\C/C=C\C/C=C\CCCCCCCC(=O)OCC(COC(=O)CCCCCCC/C=C\CCCCCCCC)OC(=O)CCCCCCC/C=C\CCCCCCCC. The molecule has 1 atom stereocenters. The Morgan fingerprint density at radius 2 is 0.520 bits per heavy atom. The van der Waals surface area contributed by atoms with Crippen LogP contribution in [0, 0.1) is 0 Å². The summed E-state index contributed by atoms with van der Waals surface area (Å²) in [5.41, 5.74) is 0. The molecule has 0 N–H and O–H groups in total. The van der Waals surface area contributed by atoms with E-state index in [-0.39, 0.29) is 31.1 Å². The minimum atomic E-state index is -0.796. The van der Waals surface area contributed by atoms with E-state index in [9.17, 15) is 14.4 Å². The molecule has 428 valence electrons. The minimum Gasteiger partial charge on any atom is -0.462 e. The van der Waals surface area contributed by atoms with E-state index in [0.717, 1.165) is 141 Å². The number of rotatable bonds is 56. The summed E-state index contributed by atoms with van der Waals surface area (Å²) in [6.45, 7) is 6.50. The third-order valence-corrected chi connectivity index (χ3v) is 13.2. The van der Waals surface area contributed by atoms with Crippen LogP contribution in [-0.4, -0.2) is 37.2 Å². The quantitative estimate of drug-likeness (QED) is 0.0261. The number of ether oxygens (including phenoxy) is 3. The maximum atomic E-state index is 12.9. The fourth-order valence-corrected chi connectivity index (χ4v) is 8.53. The van der Waals surface area contributed by atoms with Crippen LogP contribution in [0.5, 0.6) is 0 Å². The van der Waals surface area contributed by atoms with Crippen LogP contribution in [0.3, 0.4) is 0 Å². The van der Waals surface area contributed by atoms with Gasteiger partial charge in [0.1, 0.15) is 13.2 Å². The van der Waals surface area contributed by atoms with Crippen LogP contribution in [0.25, 0.3) is 0 Å². The number of allylic oxidation sites excluding steroid dienone is 18. The summed E-state index contributed by atoms with van der Waals surface area (Å²) in [5, 5.41) is 0. The Kier molecular flexibility index (Phi) is 59.3. The van der Waals surface area contributed by atoms with Crippen molar-refractivity contribution in [3.63, 3.8) is 0 Å². The monoisotopic (exact) mass is 1040 g/mol. The van der Waals surface area contributed by atoms with Crippen molar-refractivity contribution in [1.29, 1.82) is 0 Å². The van der Waals surface area contributed by atoms with Gasteiger partial charge in [-0.15, -0.1) is 0 Å². The lowest BCUT2D eigenvalue weighted by Gasteiger charge is -2.18. The van der Waals surface area contributed by atoms with E-state index in [1.54, 1.807) is 0 Å². The summed E-state index contributed by atoms with van der Waals surface area (Å²) in [6.07, 6.45) is 85.1. The lowest BCUT2D eigenvalue weighted by atomic mass is 10.1. The predicted molar refractivity (Wildman–Crippen MR) is 325 cm³/mol. The molecular weight excluding hydrogens is 925 g/mol. The molecule has 0 saturated carbocycles. The van der Waals surface area contributed by atoms with Gasteiger partial charge in [0, 0.05) is 19.3 Å².